The van der Waals surface area contributed by atoms with Gasteiger partial charge in [-0.3, -0.25) is 19.2 Å². The second-order valence-corrected chi connectivity index (χ2v) is 10.3. The lowest BCUT2D eigenvalue weighted by Gasteiger charge is -2.26. The number of H-pyrrole nitrogens is 1. The molecule has 0 saturated heterocycles. The van der Waals surface area contributed by atoms with E-state index < -0.39 is 60.2 Å². The van der Waals surface area contributed by atoms with Gasteiger partial charge in [0.2, 0.25) is 23.6 Å². The average Bonchev–Trinajstić information content (AvgIpc) is 3.28. The number of hydrogen-bond donors (Lipinski definition) is 7. The molecule has 1 aromatic heterocycles. The van der Waals surface area contributed by atoms with Crippen molar-refractivity contribution in [1.82, 2.24) is 20.9 Å². The van der Waals surface area contributed by atoms with Crippen molar-refractivity contribution in [3.05, 3.63) is 36.0 Å². The number of aliphatic carboxylic acids is 1. The van der Waals surface area contributed by atoms with Gasteiger partial charge in [0, 0.05) is 23.5 Å². The molecule has 12 nitrogen and oxygen atoms in total. The molecule has 4 amide bonds. The molecule has 9 N–H and O–H groups in total. The van der Waals surface area contributed by atoms with Crippen LogP contribution in [-0.2, 0) is 30.4 Å². The van der Waals surface area contributed by atoms with Gasteiger partial charge in [0.05, 0.1) is 12.5 Å². The van der Waals surface area contributed by atoms with Gasteiger partial charge in [-0.1, -0.05) is 52.3 Å². The number of para-hydroxylation sites is 1. The summed E-state index contributed by atoms with van der Waals surface area (Å²) >= 11 is 0. The van der Waals surface area contributed by atoms with Crippen LogP contribution in [0.25, 0.3) is 10.9 Å². The summed E-state index contributed by atoms with van der Waals surface area (Å²) in [5.74, 6) is -4.43. The summed E-state index contributed by atoms with van der Waals surface area (Å²) in [7, 11) is 0. The average molecular weight is 545 g/mol. The first-order valence-electron chi connectivity index (χ1n) is 13.1. The molecule has 0 radical (unpaired) electrons. The van der Waals surface area contributed by atoms with Crippen molar-refractivity contribution in [3.63, 3.8) is 0 Å². The van der Waals surface area contributed by atoms with Crippen LogP contribution in [0.3, 0.4) is 0 Å². The quantitative estimate of drug-likeness (QED) is 0.169. The maximum absolute atomic E-state index is 13.2. The van der Waals surface area contributed by atoms with E-state index in [1.165, 1.54) is 0 Å². The van der Waals surface area contributed by atoms with Crippen LogP contribution in [0, 0.1) is 11.8 Å². The fourth-order valence-corrected chi connectivity index (χ4v) is 4.16. The Hall–Kier alpha value is -3.93. The van der Waals surface area contributed by atoms with Gasteiger partial charge in [0.1, 0.15) is 18.1 Å². The highest BCUT2D eigenvalue weighted by atomic mass is 16.4. The normalized spacial score (nSPS) is 15.1. The molecular weight excluding hydrogens is 504 g/mol. The fraction of sp³-hybridized carbons (Fsp3) is 0.519. The van der Waals surface area contributed by atoms with Gasteiger partial charge >= 0.3 is 5.97 Å². The summed E-state index contributed by atoms with van der Waals surface area (Å²) in [6.45, 7) is 7.32. The SMILES string of the molecule is CCC(C)C(N)C(=O)NC(CC(N)=O)C(=O)NC(CC(C)C)C(=O)NC(Cc1c[nH]c2ccccc12)C(=O)O. The number of nitrogens with two attached hydrogens (primary N) is 2. The maximum Gasteiger partial charge on any atom is 0.326 e. The number of benzene rings is 1. The molecule has 5 unspecified atom stereocenters. The van der Waals surface area contributed by atoms with Gasteiger partial charge in [-0.25, -0.2) is 4.79 Å². The van der Waals surface area contributed by atoms with Crippen molar-refractivity contribution in [2.75, 3.05) is 0 Å². The van der Waals surface area contributed by atoms with Gasteiger partial charge in [0.25, 0.3) is 0 Å². The number of carbonyl (C=O) groups is 5. The Balaban J connectivity index is 2.19. The molecule has 0 aliphatic rings. The minimum Gasteiger partial charge on any atom is -0.480 e. The zero-order chi connectivity index (χ0) is 29.3. The predicted octanol–water partition coefficient (Wildman–Crippen LogP) is 0.544. The Morgan fingerprint density at radius 2 is 1.51 bits per heavy atom. The number of nitrogens with one attached hydrogen (secondary N) is 4. The number of amides is 4. The summed E-state index contributed by atoms with van der Waals surface area (Å²) in [5, 5.41) is 18.2. The summed E-state index contributed by atoms with van der Waals surface area (Å²) in [5.41, 5.74) is 12.8. The van der Waals surface area contributed by atoms with Crippen molar-refractivity contribution < 1.29 is 29.1 Å². The standard InChI is InChI=1S/C27H40N6O6/c1-5-15(4)23(29)26(37)32-20(12-22(28)34)25(36)31-19(10-14(2)3)24(35)33-21(27(38)39)11-16-13-30-18-9-7-6-8-17(16)18/h6-9,13-15,19-21,23,30H,5,10-12,29H2,1-4H3,(H2,28,34)(H,31,36)(H,32,37)(H,33,35)(H,38,39). The molecule has 0 aliphatic heterocycles. The van der Waals surface area contributed by atoms with E-state index >= 15 is 0 Å². The third-order valence-electron chi connectivity index (χ3n) is 6.65. The molecule has 214 valence electrons. The zero-order valence-corrected chi connectivity index (χ0v) is 22.8. The molecule has 39 heavy (non-hydrogen) atoms. The number of aromatic amines is 1. The molecular formula is C27H40N6O6. The highest BCUT2D eigenvalue weighted by Gasteiger charge is 2.32. The van der Waals surface area contributed by atoms with Gasteiger partial charge in [-0.2, -0.15) is 0 Å². The number of primary amides is 1. The molecule has 1 aromatic carbocycles. The molecule has 2 rings (SSSR count). The largest absolute Gasteiger partial charge is 0.480 e. The van der Waals surface area contributed by atoms with E-state index in [2.05, 4.69) is 20.9 Å². The molecule has 12 heteroatoms. The number of rotatable bonds is 15. The zero-order valence-electron chi connectivity index (χ0n) is 22.8. The van der Waals surface area contributed by atoms with Crippen LogP contribution in [0.1, 0.15) is 52.5 Å². The smallest absolute Gasteiger partial charge is 0.326 e. The van der Waals surface area contributed by atoms with Crippen molar-refractivity contribution >= 4 is 40.5 Å². The first-order chi connectivity index (χ1) is 18.3. The summed E-state index contributed by atoms with van der Waals surface area (Å²) in [6, 6.07) is 2.74. The van der Waals surface area contributed by atoms with Crippen molar-refractivity contribution in [1.29, 1.82) is 0 Å². The summed E-state index contributed by atoms with van der Waals surface area (Å²) < 4.78 is 0. The Morgan fingerprint density at radius 1 is 0.923 bits per heavy atom. The third-order valence-corrected chi connectivity index (χ3v) is 6.65. The van der Waals surface area contributed by atoms with Crippen LogP contribution in [0.2, 0.25) is 0 Å². The van der Waals surface area contributed by atoms with Crippen molar-refractivity contribution in [2.45, 2.75) is 77.5 Å². The first-order valence-corrected chi connectivity index (χ1v) is 13.1. The van der Waals surface area contributed by atoms with Crippen LogP contribution in [-0.4, -0.2) is 63.9 Å². The Kier molecular flexibility index (Phi) is 11.5. The Morgan fingerprint density at radius 3 is 2.10 bits per heavy atom. The van der Waals surface area contributed by atoms with Gasteiger partial charge < -0.3 is 37.5 Å². The minimum absolute atomic E-state index is 0.0152. The molecule has 0 fully saturated rings. The lowest BCUT2D eigenvalue weighted by molar-refractivity contribution is -0.142. The molecule has 2 aromatic rings. The summed E-state index contributed by atoms with van der Waals surface area (Å²) in [6.07, 6.45) is 2.02. The van der Waals surface area contributed by atoms with E-state index in [4.69, 9.17) is 11.5 Å². The van der Waals surface area contributed by atoms with E-state index in [1.807, 2.05) is 45.0 Å². The monoisotopic (exact) mass is 544 g/mol. The molecule has 0 aliphatic carbocycles. The van der Waals surface area contributed by atoms with Gasteiger partial charge in [-0.15, -0.1) is 0 Å². The second kappa shape index (κ2) is 14.3. The highest BCUT2D eigenvalue weighted by Crippen LogP contribution is 2.19. The van der Waals surface area contributed by atoms with E-state index in [1.54, 1.807) is 13.1 Å². The number of carboxylic acid groups (broad SMARTS) is 1. The van der Waals surface area contributed by atoms with Crippen molar-refractivity contribution in [2.24, 2.45) is 23.3 Å². The van der Waals surface area contributed by atoms with Crippen LogP contribution >= 0.6 is 0 Å². The van der Waals surface area contributed by atoms with E-state index in [0.717, 1.165) is 10.9 Å². The number of hydrogen-bond acceptors (Lipinski definition) is 6. The topological polar surface area (TPSA) is 209 Å². The lowest BCUT2D eigenvalue weighted by atomic mass is 9.98. The van der Waals surface area contributed by atoms with Gasteiger partial charge in [-0.05, 0) is 29.9 Å². The van der Waals surface area contributed by atoms with E-state index in [0.29, 0.717) is 12.0 Å². The highest BCUT2D eigenvalue weighted by molar-refractivity contribution is 5.96. The van der Waals surface area contributed by atoms with Gasteiger partial charge in [0.15, 0.2) is 0 Å². The summed E-state index contributed by atoms with van der Waals surface area (Å²) in [4.78, 5) is 65.7. The number of fused-ring (bicyclic) bond motifs is 1. The Bertz CT molecular complexity index is 1180. The fourth-order valence-electron chi connectivity index (χ4n) is 4.16. The second-order valence-electron chi connectivity index (χ2n) is 10.3. The van der Waals surface area contributed by atoms with E-state index in [9.17, 15) is 29.1 Å². The molecule has 0 spiro atoms. The van der Waals surface area contributed by atoms with E-state index in [-0.39, 0.29) is 24.7 Å². The molecule has 5 atom stereocenters. The predicted molar refractivity (Wildman–Crippen MR) is 146 cm³/mol. The molecule has 0 saturated carbocycles. The van der Waals surface area contributed by atoms with Crippen LogP contribution in [0.4, 0.5) is 0 Å². The maximum atomic E-state index is 13.2. The number of carboxylic acids is 1. The molecule has 0 bridgehead atoms. The third kappa shape index (κ3) is 9.10. The number of carbonyl (C=O) groups excluding carboxylic acids is 4. The van der Waals surface area contributed by atoms with Crippen LogP contribution < -0.4 is 27.4 Å². The number of aromatic nitrogens is 1. The van der Waals surface area contributed by atoms with Crippen LogP contribution in [0.15, 0.2) is 30.5 Å². The first kappa shape index (κ1) is 31.3. The van der Waals surface area contributed by atoms with Crippen LogP contribution in [0.5, 0.6) is 0 Å². The lowest BCUT2D eigenvalue weighted by Crippen LogP contribution is -2.58. The Labute approximate surface area is 227 Å². The molecule has 1 heterocycles. The van der Waals surface area contributed by atoms with Crippen molar-refractivity contribution in [3.8, 4) is 0 Å². The minimum atomic E-state index is -1.35.